The van der Waals surface area contributed by atoms with E-state index in [1.807, 2.05) is 0 Å². The zero-order valence-corrected chi connectivity index (χ0v) is 8.06. The molecule has 0 bridgehead atoms. The number of hydrogen-bond acceptors (Lipinski definition) is 1. The molecule has 1 aromatic carbocycles. The van der Waals surface area contributed by atoms with E-state index < -0.39 is 0 Å². The van der Waals surface area contributed by atoms with Gasteiger partial charge in [-0.3, -0.25) is 0 Å². The topological polar surface area (TPSA) is 12.0 Å². The van der Waals surface area contributed by atoms with Crippen LogP contribution in [0.1, 0.15) is 18.1 Å². The second-order valence-corrected chi connectivity index (χ2v) is 3.80. The second-order valence-electron chi connectivity index (χ2n) is 3.80. The molecule has 0 radical (unpaired) electrons. The Morgan fingerprint density at radius 2 is 2.38 bits per heavy atom. The van der Waals surface area contributed by atoms with Crippen LogP contribution in [0.15, 0.2) is 30.4 Å². The van der Waals surface area contributed by atoms with Gasteiger partial charge in [0, 0.05) is 12.2 Å². The van der Waals surface area contributed by atoms with Crippen molar-refractivity contribution in [3.8, 4) is 0 Å². The highest BCUT2D eigenvalue weighted by molar-refractivity contribution is 5.56. The number of rotatable bonds is 2. The Morgan fingerprint density at radius 1 is 1.54 bits per heavy atom. The van der Waals surface area contributed by atoms with Crippen molar-refractivity contribution in [2.24, 2.45) is 0 Å². The lowest BCUT2D eigenvalue weighted by Crippen LogP contribution is -1.90. The van der Waals surface area contributed by atoms with Gasteiger partial charge in [-0.2, -0.15) is 0 Å². The van der Waals surface area contributed by atoms with Crippen LogP contribution in [-0.4, -0.2) is 6.54 Å². The number of benzene rings is 1. The van der Waals surface area contributed by atoms with Gasteiger partial charge in [0.1, 0.15) is 0 Å². The first-order valence-electron chi connectivity index (χ1n) is 4.76. The first-order chi connectivity index (χ1) is 6.25. The van der Waals surface area contributed by atoms with Crippen molar-refractivity contribution >= 4 is 5.69 Å². The molecule has 1 N–H and O–H groups in total. The largest absolute Gasteiger partial charge is 0.384 e. The number of allylic oxidation sites excluding steroid dienone is 1. The van der Waals surface area contributed by atoms with E-state index in [1.54, 1.807) is 0 Å². The van der Waals surface area contributed by atoms with E-state index >= 15 is 0 Å². The molecule has 0 saturated carbocycles. The molecular formula is C12H15N. The van der Waals surface area contributed by atoms with Gasteiger partial charge in [0.25, 0.3) is 0 Å². The van der Waals surface area contributed by atoms with E-state index in [-0.39, 0.29) is 0 Å². The molecule has 1 aliphatic heterocycles. The van der Waals surface area contributed by atoms with E-state index in [0.29, 0.717) is 0 Å². The summed E-state index contributed by atoms with van der Waals surface area (Å²) >= 11 is 0. The number of anilines is 1. The summed E-state index contributed by atoms with van der Waals surface area (Å²) in [5.74, 6) is 0. The van der Waals surface area contributed by atoms with E-state index in [4.69, 9.17) is 0 Å². The second kappa shape index (κ2) is 3.25. The monoisotopic (exact) mass is 173 g/mol. The highest BCUT2D eigenvalue weighted by Gasteiger charge is 2.09. The summed E-state index contributed by atoms with van der Waals surface area (Å²) in [6, 6.07) is 6.66. The van der Waals surface area contributed by atoms with Gasteiger partial charge >= 0.3 is 0 Å². The summed E-state index contributed by atoms with van der Waals surface area (Å²) < 4.78 is 0. The fourth-order valence-corrected chi connectivity index (χ4v) is 1.82. The Bertz CT molecular complexity index is 339. The predicted octanol–water partition coefficient (Wildman–Crippen LogP) is 2.77. The molecule has 0 amide bonds. The van der Waals surface area contributed by atoms with Crippen LogP contribution in [0.25, 0.3) is 0 Å². The summed E-state index contributed by atoms with van der Waals surface area (Å²) in [5, 5.41) is 3.36. The molecule has 0 aliphatic carbocycles. The fourth-order valence-electron chi connectivity index (χ4n) is 1.82. The van der Waals surface area contributed by atoms with Crippen molar-refractivity contribution in [1.82, 2.24) is 0 Å². The molecule has 1 heterocycles. The lowest BCUT2D eigenvalue weighted by molar-refractivity contribution is 1.09. The van der Waals surface area contributed by atoms with Gasteiger partial charge in [0.15, 0.2) is 0 Å². The molecule has 1 aliphatic rings. The standard InChI is InChI=1S/C12H15N/c1-9(2)7-10-3-4-12-11(8-10)5-6-13-12/h3-4,8,13H,1,5-7H2,2H3. The Morgan fingerprint density at radius 3 is 3.15 bits per heavy atom. The Kier molecular flexibility index (Phi) is 2.09. The molecule has 1 heteroatoms. The van der Waals surface area contributed by atoms with Crippen molar-refractivity contribution in [3.63, 3.8) is 0 Å². The smallest absolute Gasteiger partial charge is 0.0373 e. The van der Waals surface area contributed by atoms with Crippen LogP contribution in [0.2, 0.25) is 0 Å². The van der Waals surface area contributed by atoms with Crippen LogP contribution >= 0.6 is 0 Å². The normalized spacial score (nSPS) is 13.6. The quantitative estimate of drug-likeness (QED) is 0.678. The Hall–Kier alpha value is -1.24. The van der Waals surface area contributed by atoms with Crippen LogP contribution < -0.4 is 5.32 Å². The van der Waals surface area contributed by atoms with Gasteiger partial charge in [0.2, 0.25) is 0 Å². The average molecular weight is 173 g/mol. The minimum absolute atomic E-state index is 1.01. The fraction of sp³-hybridized carbons (Fsp3) is 0.333. The SMILES string of the molecule is C=C(C)Cc1ccc2c(c1)CCN2. The zero-order valence-electron chi connectivity index (χ0n) is 8.06. The third-order valence-electron chi connectivity index (χ3n) is 2.39. The lowest BCUT2D eigenvalue weighted by atomic mass is 10.0. The molecule has 1 aromatic rings. The predicted molar refractivity (Wildman–Crippen MR) is 57.2 cm³/mol. The summed E-state index contributed by atoms with van der Waals surface area (Å²) in [6.07, 6.45) is 2.17. The van der Waals surface area contributed by atoms with Crippen LogP contribution in [0.4, 0.5) is 5.69 Å². The van der Waals surface area contributed by atoms with Crippen molar-refractivity contribution in [1.29, 1.82) is 0 Å². The molecule has 0 fully saturated rings. The minimum atomic E-state index is 1.01. The van der Waals surface area contributed by atoms with Crippen molar-refractivity contribution < 1.29 is 0 Å². The van der Waals surface area contributed by atoms with Gasteiger partial charge in [-0.15, -0.1) is 0 Å². The summed E-state index contributed by atoms with van der Waals surface area (Å²) in [7, 11) is 0. The summed E-state index contributed by atoms with van der Waals surface area (Å²) in [6.45, 7) is 7.09. The molecule has 0 spiro atoms. The first kappa shape index (κ1) is 8.36. The van der Waals surface area contributed by atoms with E-state index in [2.05, 4.69) is 37.0 Å². The molecule has 0 unspecified atom stereocenters. The van der Waals surface area contributed by atoms with Crippen molar-refractivity contribution in [2.75, 3.05) is 11.9 Å². The molecule has 0 atom stereocenters. The van der Waals surface area contributed by atoms with E-state index in [1.165, 1.54) is 28.8 Å². The highest BCUT2D eigenvalue weighted by Crippen LogP contribution is 2.23. The third kappa shape index (κ3) is 1.74. The maximum Gasteiger partial charge on any atom is 0.0373 e. The van der Waals surface area contributed by atoms with Crippen molar-refractivity contribution in [3.05, 3.63) is 41.5 Å². The van der Waals surface area contributed by atoms with Gasteiger partial charge < -0.3 is 5.32 Å². The zero-order chi connectivity index (χ0) is 9.26. The molecular weight excluding hydrogens is 158 g/mol. The molecule has 1 nitrogen and oxygen atoms in total. The number of nitrogens with one attached hydrogen (secondary N) is 1. The highest BCUT2D eigenvalue weighted by atomic mass is 14.9. The van der Waals surface area contributed by atoms with E-state index in [9.17, 15) is 0 Å². The van der Waals surface area contributed by atoms with Gasteiger partial charge in [-0.05, 0) is 37.0 Å². The molecule has 0 saturated heterocycles. The number of hydrogen-bond donors (Lipinski definition) is 1. The van der Waals surface area contributed by atoms with Gasteiger partial charge in [-0.25, -0.2) is 0 Å². The number of fused-ring (bicyclic) bond motifs is 1. The van der Waals surface area contributed by atoms with Crippen LogP contribution in [0.3, 0.4) is 0 Å². The Balaban J connectivity index is 2.25. The van der Waals surface area contributed by atoms with Crippen LogP contribution in [0, 0.1) is 0 Å². The van der Waals surface area contributed by atoms with Gasteiger partial charge in [0.05, 0.1) is 0 Å². The first-order valence-corrected chi connectivity index (χ1v) is 4.76. The molecule has 68 valence electrons. The maximum atomic E-state index is 3.93. The summed E-state index contributed by atoms with van der Waals surface area (Å²) in [4.78, 5) is 0. The lowest BCUT2D eigenvalue weighted by Gasteiger charge is -2.04. The van der Waals surface area contributed by atoms with Crippen LogP contribution in [0.5, 0.6) is 0 Å². The third-order valence-corrected chi connectivity index (χ3v) is 2.39. The minimum Gasteiger partial charge on any atom is -0.384 e. The van der Waals surface area contributed by atoms with Gasteiger partial charge in [-0.1, -0.05) is 24.3 Å². The average Bonchev–Trinajstić information content (AvgIpc) is 2.49. The molecule has 0 aromatic heterocycles. The summed E-state index contributed by atoms with van der Waals surface area (Å²) in [5.41, 5.74) is 5.38. The van der Waals surface area contributed by atoms with Crippen LogP contribution in [-0.2, 0) is 12.8 Å². The molecule has 13 heavy (non-hydrogen) atoms. The van der Waals surface area contributed by atoms with E-state index in [0.717, 1.165) is 13.0 Å². The maximum absolute atomic E-state index is 3.93. The Labute approximate surface area is 79.5 Å². The van der Waals surface area contributed by atoms with Crippen molar-refractivity contribution in [2.45, 2.75) is 19.8 Å². The molecule has 2 rings (SSSR count).